The molecule has 0 aromatic heterocycles. The van der Waals surface area contributed by atoms with Gasteiger partial charge in [0.2, 0.25) is 0 Å². The summed E-state index contributed by atoms with van der Waals surface area (Å²) in [7, 11) is 0. The Hall–Kier alpha value is -0.470. The van der Waals surface area contributed by atoms with E-state index in [-0.39, 0.29) is 0 Å². The van der Waals surface area contributed by atoms with Crippen molar-refractivity contribution in [2.24, 2.45) is 23.5 Å². The number of benzene rings is 1. The van der Waals surface area contributed by atoms with Crippen molar-refractivity contribution >= 4 is 11.8 Å². The smallest absolute Gasteiger partial charge is 0.0162 e. The van der Waals surface area contributed by atoms with E-state index in [0.717, 1.165) is 23.5 Å². The fourth-order valence-electron chi connectivity index (χ4n) is 3.32. The van der Waals surface area contributed by atoms with E-state index in [1.165, 1.54) is 29.7 Å². The van der Waals surface area contributed by atoms with Gasteiger partial charge in [-0.2, -0.15) is 0 Å². The Bertz CT molecular complexity index is 377. The van der Waals surface area contributed by atoms with Gasteiger partial charge < -0.3 is 5.73 Å². The van der Waals surface area contributed by atoms with Crippen LogP contribution in [-0.2, 0) is 0 Å². The average molecular weight is 277 g/mol. The van der Waals surface area contributed by atoms with Gasteiger partial charge in [-0.25, -0.2) is 0 Å². The molecule has 1 nitrogen and oxygen atoms in total. The first-order valence-corrected chi connectivity index (χ1v) is 8.48. The predicted octanol–water partition coefficient (Wildman–Crippen LogP) is 4.49. The maximum atomic E-state index is 6.43. The van der Waals surface area contributed by atoms with Gasteiger partial charge in [0, 0.05) is 16.7 Å². The standard InChI is InChI=1S/C17H27NS/c1-12-4-6-16(7-5-12)19-11-17(18)15-9-13(2)8-14(3)10-15/h4-7,13-15,17H,8-11,18H2,1-3H3. The maximum Gasteiger partial charge on any atom is 0.0162 e. The van der Waals surface area contributed by atoms with Gasteiger partial charge in [0.05, 0.1) is 0 Å². The number of hydrogen-bond donors (Lipinski definition) is 1. The van der Waals surface area contributed by atoms with Crippen molar-refractivity contribution in [2.75, 3.05) is 5.75 Å². The molecule has 1 fully saturated rings. The van der Waals surface area contributed by atoms with Crippen molar-refractivity contribution in [3.05, 3.63) is 29.8 Å². The summed E-state index contributed by atoms with van der Waals surface area (Å²) < 4.78 is 0. The number of hydrogen-bond acceptors (Lipinski definition) is 2. The van der Waals surface area contributed by atoms with Crippen LogP contribution in [0.25, 0.3) is 0 Å². The van der Waals surface area contributed by atoms with Gasteiger partial charge in [0.15, 0.2) is 0 Å². The summed E-state index contributed by atoms with van der Waals surface area (Å²) in [5.74, 6) is 3.47. The fourth-order valence-corrected chi connectivity index (χ4v) is 4.31. The Kier molecular flexibility index (Phi) is 5.35. The zero-order chi connectivity index (χ0) is 13.8. The molecule has 1 aliphatic rings. The van der Waals surface area contributed by atoms with Crippen LogP contribution in [0, 0.1) is 24.7 Å². The van der Waals surface area contributed by atoms with Gasteiger partial charge >= 0.3 is 0 Å². The Labute approximate surface area is 122 Å². The normalized spacial score (nSPS) is 29.2. The zero-order valence-electron chi connectivity index (χ0n) is 12.4. The molecule has 1 aromatic rings. The third kappa shape index (κ3) is 4.54. The molecule has 3 unspecified atom stereocenters. The van der Waals surface area contributed by atoms with Crippen LogP contribution in [0.2, 0.25) is 0 Å². The summed E-state index contributed by atoms with van der Waals surface area (Å²) in [5.41, 5.74) is 7.75. The van der Waals surface area contributed by atoms with Crippen LogP contribution < -0.4 is 5.73 Å². The molecule has 0 amide bonds. The summed E-state index contributed by atoms with van der Waals surface area (Å²) in [6, 6.07) is 9.12. The van der Waals surface area contributed by atoms with Gasteiger partial charge in [-0.3, -0.25) is 0 Å². The Morgan fingerprint density at radius 1 is 1.11 bits per heavy atom. The van der Waals surface area contributed by atoms with Crippen molar-refractivity contribution in [3.8, 4) is 0 Å². The molecule has 0 aliphatic heterocycles. The highest BCUT2D eigenvalue weighted by Crippen LogP contribution is 2.35. The van der Waals surface area contributed by atoms with Crippen molar-refractivity contribution in [1.29, 1.82) is 0 Å². The van der Waals surface area contributed by atoms with Crippen LogP contribution in [0.15, 0.2) is 29.2 Å². The molecule has 106 valence electrons. The van der Waals surface area contributed by atoms with Crippen LogP contribution in [0.3, 0.4) is 0 Å². The highest BCUT2D eigenvalue weighted by Gasteiger charge is 2.28. The largest absolute Gasteiger partial charge is 0.327 e. The lowest BCUT2D eigenvalue weighted by Crippen LogP contribution is -2.37. The first kappa shape index (κ1) is 14.9. The van der Waals surface area contributed by atoms with Gasteiger partial charge in [-0.05, 0) is 56.1 Å². The average Bonchev–Trinajstić information content (AvgIpc) is 2.36. The molecule has 1 aromatic carbocycles. The van der Waals surface area contributed by atoms with Crippen molar-refractivity contribution < 1.29 is 0 Å². The molecule has 0 bridgehead atoms. The second-order valence-corrected chi connectivity index (χ2v) is 7.56. The molecule has 1 saturated carbocycles. The van der Waals surface area contributed by atoms with E-state index < -0.39 is 0 Å². The molecule has 0 spiro atoms. The van der Waals surface area contributed by atoms with E-state index in [0.29, 0.717) is 6.04 Å². The van der Waals surface area contributed by atoms with E-state index in [4.69, 9.17) is 5.73 Å². The summed E-state index contributed by atoms with van der Waals surface area (Å²) in [4.78, 5) is 1.35. The minimum atomic E-state index is 0.344. The highest BCUT2D eigenvalue weighted by atomic mass is 32.2. The number of nitrogens with two attached hydrogens (primary N) is 1. The molecule has 2 heteroatoms. The highest BCUT2D eigenvalue weighted by molar-refractivity contribution is 7.99. The lowest BCUT2D eigenvalue weighted by molar-refractivity contribution is 0.200. The molecule has 0 saturated heterocycles. The first-order chi connectivity index (χ1) is 9.04. The minimum absolute atomic E-state index is 0.344. The predicted molar refractivity (Wildman–Crippen MR) is 85.5 cm³/mol. The first-order valence-electron chi connectivity index (χ1n) is 7.49. The molecule has 0 radical (unpaired) electrons. The molecule has 19 heavy (non-hydrogen) atoms. The summed E-state index contributed by atoms with van der Waals surface area (Å²) in [6.45, 7) is 6.88. The summed E-state index contributed by atoms with van der Waals surface area (Å²) >= 11 is 1.91. The molecule has 2 N–H and O–H groups in total. The second-order valence-electron chi connectivity index (χ2n) is 6.47. The number of thioether (sulfide) groups is 1. The topological polar surface area (TPSA) is 26.0 Å². The van der Waals surface area contributed by atoms with Crippen LogP contribution in [0.1, 0.15) is 38.7 Å². The maximum absolute atomic E-state index is 6.43. The lowest BCUT2D eigenvalue weighted by atomic mass is 9.74. The lowest BCUT2D eigenvalue weighted by Gasteiger charge is -2.34. The summed E-state index contributed by atoms with van der Waals surface area (Å²) in [6.07, 6.45) is 4.02. The van der Waals surface area contributed by atoms with Crippen LogP contribution in [0.5, 0.6) is 0 Å². The van der Waals surface area contributed by atoms with Crippen LogP contribution in [0.4, 0.5) is 0 Å². The Balaban J connectivity index is 1.83. The number of rotatable bonds is 4. The van der Waals surface area contributed by atoms with Crippen LogP contribution >= 0.6 is 11.8 Å². The van der Waals surface area contributed by atoms with E-state index in [9.17, 15) is 0 Å². The Morgan fingerprint density at radius 2 is 1.68 bits per heavy atom. The van der Waals surface area contributed by atoms with Crippen molar-refractivity contribution in [3.63, 3.8) is 0 Å². The molecule has 1 aliphatic carbocycles. The minimum Gasteiger partial charge on any atom is -0.327 e. The fraction of sp³-hybridized carbons (Fsp3) is 0.647. The van der Waals surface area contributed by atoms with Gasteiger partial charge in [-0.1, -0.05) is 31.5 Å². The number of aryl methyl sites for hydroxylation is 1. The SMILES string of the molecule is Cc1ccc(SCC(N)C2CC(C)CC(C)C2)cc1. The molecule has 0 heterocycles. The molecule has 2 rings (SSSR count). The van der Waals surface area contributed by atoms with Crippen molar-refractivity contribution in [2.45, 2.75) is 51.0 Å². The molecule has 3 atom stereocenters. The second kappa shape index (κ2) is 6.81. The zero-order valence-corrected chi connectivity index (χ0v) is 13.2. The summed E-state index contributed by atoms with van der Waals surface area (Å²) in [5, 5.41) is 0. The van der Waals surface area contributed by atoms with E-state index >= 15 is 0 Å². The van der Waals surface area contributed by atoms with E-state index in [1.807, 2.05) is 11.8 Å². The quantitative estimate of drug-likeness (QED) is 0.821. The van der Waals surface area contributed by atoms with Crippen molar-refractivity contribution in [1.82, 2.24) is 0 Å². The van der Waals surface area contributed by atoms with Gasteiger partial charge in [0.25, 0.3) is 0 Å². The molecular formula is C17H27NS. The van der Waals surface area contributed by atoms with Gasteiger partial charge in [-0.15, -0.1) is 11.8 Å². The van der Waals surface area contributed by atoms with Gasteiger partial charge in [0.1, 0.15) is 0 Å². The Morgan fingerprint density at radius 3 is 2.26 bits per heavy atom. The van der Waals surface area contributed by atoms with E-state index in [2.05, 4.69) is 45.0 Å². The third-order valence-corrected chi connectivity index (χ3v) is 5.44. The van der Waals surface area contributed by atoms with E-state index in [1.54, 1.807) is 0 Å². The third-order valence-electron chi connectivity index (χ3n) is 4.28. The molecular weight excluding hydrogens is 250 g/mol. The monoisotopic (exact) mass is 277 g/mol. The van der Waals surface area contributed by atoms with Crippen LogP contribution in [-0.4, -0.2) is 11.8 Å².